The Kier molecular flexibility index (Phi) is 5.06. The van der Waals surface area contributed by atoms with Gasteiger partial charge in [-0.15, -0.1) is 0 Å². The lowest BCUT2D eigenvalue weighted by atomic mass is 9.93. The van der Waals surface area contributed by atoms with Crippen LogP contribution in [0, 0.1) is 12.8 Å². The van der Waals surface area contributed by atoms with Gasteiger partial charge in [-0.25, -0.2) is 0 Å². The van der Waals surface area contributed by atoms with Crippen molar-refractivity contribution in [1.82, 2.24) is 5.32 Å². The van der Waals surface area contributed by atoms with Crippen LogP contribution in [-0.4, -0.2) is 26.7 Å². The Morgan fingerprint density at radius 1 is 1.22 bits per heavy atom. The molecule has 1 aromatic carbocycles. The molecule has 2 rings (SSSR count). The number of nitrogens with zero attached hydrogens (tertiary/aromatic N) is 1. The van der Waals surface area contributed by atoms with Crippen molar-refractivity contribution in [2.24, 2.45) is 5.92 Å². The van der Waals surface area contributed by atoms with Gasteiger partial charge in [0, 0.05) is 19.3 Å². The SMILES string of the molecule is Cc1ccccc1N(C)CCCC1CCNCC1. The first-order valence-corrected chi connectivity index (χ1v) is 7.25. The predicted molar refractivity (Wildman–Crippen MR) is 79.3 cm³/mol. The molecule has 0 amide bonds. The van der Waals surface area contributed by atoms with E-state index in [1.165, 1.54) is 56.6 Å². The molecular weight excluding hydrogens is 220 g/mol. The van der Waals surface area contributed by atoms with Gasteiger partial charge in [0.2, 0.25) is 0 Å². The Morgan fingerprint density at radius 3 is 2.67 bits per heavy atom. The predicted octanol–water partition coefficient (Wildman–Crippen LogP) is 3.21. The normalized spacial score (nSPS) is 16.8. The van der Waals surface area contributed by atoms with Crippen LogP contribution in [0.2, 0.25) is 0 Å². The molecule has 0 aromatic heterocycles. The Bertz CT molecular complexity index is 356. The largest absolute Gasteiger partial charge is 0.374 e. The molecule has 1 fully saturated rings. The lowest BCUT2D eigenvalue weighted by Gasteiger charge is -2.25. The average molecular weight is 246 g/mol. The van der Waals surface area contributed by atoms with Crippen molar-refractivity contribution in [3.8, 4) is 0 Å². The number of anilines is 1. The third-order valence-corrected chi connectivity index (χ3v) is 4.09. The number of para-hydroxylation sites is 1. The summed E-state index contributed by atoms with van der Waals surface area (Å²) in [4.78, 5) is 2.40. The summed E-state index contributed by atoms with van der Waals surface area (Å²) in [7, 11) is 2.21. The van der Waals surface area contributed by atoms with Gasteiger partial charge >= 0.3 is 0 Å². The quantitative estimate of drug-likeness (QED) is 0.858. The minimum absolute atomic E-state index is 0.955. The Morgan fingerprint density at radius 2 is 1.94 bits per heavy atom. The molecule has 1 N–H and O–H groups in total. The zero-order valence-corrected chi connectivity index (χ0v) is 11.8. The van der Waals surface area contributed by atoms with Crippen LogP contribution in [-0.2, 0) is 0 Å². The van der Waals surface area contributed by atoms with Gasteiger partial charge in [-0.3, -0.25) is 0 Å². The molecule has 18 heavy (non-hydrogen) atoms. The van der Waals surface area contributed by atoms with Crippen LogP contribution in [0.15, 0.2) is 24.3 Å². The molecule has 1 aromatic rings. The Hall–Kier alpha value is -1.02. The van der Waals surface area contributed by atoms with Gasteiger partial charge in [0.05, 0.1) is 0 Å². The third kappa shape index (κ3) is 3.74. The molecule has 100 valence electrons. The first kappa shape index (κ1) is 13.4. The minimum Gasteiger partial charge on any atom is -0.374 e. The lowest BCUT2D eigenvalue weighted by molar-refractivity contribution is 0.348. The van der Waals surface area contributed by atoms with E-state index in [0.717, 1.165) is 5.92 Å². The van der Waals surface area contributed by atoms with E-state index in [1.807, 2.05) is 0 Å². The molecule has 1 aliphatic heterocycles. The molecule has 1 saturated heterocycles. The highest BCUT2D eigenvalue weighted by molar-refractivity contribution is 5.52. The second-order valence-electron chi connectivity index (χ2n) is 5.54. The van der Waals surface area contributed by atoms with E-state index >= 15 is 0 Å². The summed E-state index contributed by atoms with van der Waals surface area (Å²) >= 11 is 0. The van der Waals surface area contributed by atoms with E-state index in [4.69, 9.17) is 0 Å². The fourth-order valence-electron chi connectivity index (χ4n) is 2.90. The average Bonchev–Trinajstić information content (AvgIpc) is 2.40. The summed E-state index contributed by atoms with van der Waals surface area (Å²) in [6.07, 6.45) is 5.44. The summed E-state index contributed by atoms with van der Waals surface area (Å²) in [5.74, 6) is 0.955. The Balaban J connectivity index is 1.74. The first-order valence-electron chi connectivity index (χ1n) is 7.25. The van der Waals surface area contributed by atoms with Crippen LogP contribution in [0.1, 0.15) is 31.2 Å². The molecular formula is C16H26N2. The number of nitrogens with one attached hydrogen (secondary N) is 1. The van der Waals surface area contributed by atoms with Crippen molar-refractivity contribution in [2.45, 2.75) is 32.6 Å². The zero-order chi connectivity index (χ0) is 12.8. The summed E-state index contributed by atoms with van der Waals surface area (Å²) in [5, 5.41) is 3.44. The highest BCUT2D eigenvalue weighted by atomic mass is 15.1. The van der Waals surface area contributed by atoms with Crippen molar-refractivity contribution < 1.29 is 0 Å². The van der Waals surface area contributed by atoms with Crippen LogP contribution in [0.25, 0.3) is 0 Å². The highest BCUT2D eigenvalue weighted by Crippen LogP contribution is 2.21. The summed E-state index contributed by atoms with van der Waals surface area (Å²) in [5.41, 5.74) is 2.75. The van der Waals surface area contributed by atoms with Crippen LogP contribution in [0.4, 0.5) is 5.69 Å². The van der Waals surface area contributed by atoms with E-state index in [9.17, 15) is 0 Å². The summed E-state index contributed by atoms with van der Waals surface area (Å²) in [6, 6.07) is 8.66. The van der Waals surface area contributed by atoms with Crippen LogP contribution in [0.3, 0.4) is 0 Å². The fourth-order valence-corrected chi connectivity index (χ4v) is 2.90. The third-order valence-electron chi connectivity index (χ3n) is 4.09. The second-order valence-corrected chi connectivity index (χ2v) is 5.54. The molecule has 0 unspecified atom stereocenters. The monoisotopic (exact) mass is 246 g/mol. The molecule has 1 heterocycles. The molecule has 0 atom stereocenters. The summed E-state index contributed by atoms with van der Waals surface area (Å²) in [6.45, 7) is 5.81. The molecule has 0 bridgehead atoms. The van der Waals surface area contributed by atoms with Crippen molar-refractivity contribution in [3.05, 3.63) is 29.8 Å². The lowest BCUT2D eigenvalue weighted by Crippen LogP contribution is -2.28. The molecule has 0 saturated carbocycles. The first-order chi connectivity index (χ1) is 8.77. The van der Waals surface area contributed by atoms with Crippen molar-refractivity contribution in [1.29, 1.82) is 0 Å². The van der Waals surface area contributed by atoms with E-state index in [0.29, 0.717) is 0 Å². The maximum atomic E-state index is 3.44. The standard InChI is InChI=1S/C16H26N2/c1-14-6-3-4-8-16(14)18(2)13-5-7-15-9-11-17-12-10-15/h3-4,6,8,15,17H,5,7,9-13H2,1-2H3. The fraction of sp³-hybridized carbons (Fsp3) is 0.625. The number of hydrogen-bond donors (Lipinski definition) is 1. The summed E-state index contributed by atoms with van der Waals surface area (Å²) < 4.78 is 0. The van der Waals surface area contributed by atoms with Crippen molar-refractivity contribution in [3.63, 3.8) is 0 Å². The number of aryl methyl sites for hydroxylation is 1. The van der Waals surface area contributed by atoms with Crippen LogP contribution >= 0.6 is 0 Å². The zero-order valence-electron chi connectivity index (χ0n) is 11.8. The molecule has 0 aliphatic carbocycles. The molecule has 0 spiro atoms. The Labute approximate surface area is 111 Å². The van der Waals surface area contributed by atoms with E-state index < -0.39 is 0 Å². The maximum absolute atomic E-state index is 3.44. The van der Waals surface area contributed by atoms with Gasteiger partial charge in [0.15, 0.2) is 0 Å². The van der Waals surface area contributed by atoms with Crippen molar-refractivity contribution >= 4 is 5.69 Å². The molecule has 1 aliphatic rings. The van der Waals surface area contributed by atoms with Gasteiger partial charge < -0.3 is 10.2 Å². The molecule has 2 heteroatoms. The smallest absolute Gasteiger partial charge is 0.0393 e. The van der Waals surface area contributed by atoms with E-state index in [-0.39, 0.29) is 0 Å². The van der Waals surface area contributed by atoms with Gasteiger partial charge in [-0.05, 0) is 63.2 Å². The van der Waals surface area contributed by atoms with E-state index in [2.05, 4.69) is 48.5 Å². The van der Waals surface area contributed by atoms with Crippen LogP contribution in [0.5, 0.6) is 0 Å². The maximum Gasteiger partial charge on any atom is 0.0393 e. The van der Waals surface area contributed by atoms with Gasteiger partial charge in [-0.1, -0.05) is 18.2 Å². The van der Waals surface area contributed by atoms with Crippen LogP contribution < -0.4 is 10.2 Å². The van der Waals surface area contributed by atoms with E-state index in [1.54, 1.807) is 0 Å². The van der Waals surface area contributed by atoms with Gasteiger partial charge in [0.25, 0.3) is 0 Å². The second kappa shape index (κ2) is 6.79. The molecule has 2 nitrogen and oxygen atoms in total. The van der Waals surface area contributed by atoms with Gasteiger partial charge in [0.1, 0.15) is 0 Å². The minimum atomic E-state index is 0.955. The number of piperidine rings is 1. The topological polar surface area (TPSA) is 15.3 Å². The highest BCUT2D eigenvalue weighted by Gasteiger charge is 2.12. The number of benzene rings is 1. The molecule has 0 radical (unpaired) electrons. The van der Waals surface area contributed by atoms with Crippen molar-refractivity contribution in [2.75, 3.05) is 31.6 Å². The van der Waals surface area contributed by atoms with Gasteiger partial charge in [-0.2, -0.15) is 0 Å². The number of hydrogen-bond acceptors (Lipinski definition) is 2. The number of rotatable bonds is 5.